The molecule has 2 aliphatic rings. The van der Waals surface area contributed by atoms with E-state index >= 15 is 0 Å². The van der Waals surface area contributed by atoms with E-state index in [1.165, 1.54) is 11.8 Å². The zero-order valence-corrected chi connectivity index (χ0v) is 18.3. The number of sulfone groups is 1. The number of hydrogen-bond acceptors (Lipinski definition) is 8. The Morgan fingerprint density at radius 3 is 2.64 bits per heavy atom. The number of thioether (sulfide) groups is 1. The maximum atomic E-state index is 12.6. The van der Waals surface area contributed by atoms with E-state index in [2.05, 4.69) is 33.5 Å². The molecule has 11 heteroatoms. The maximum Gasteiger partial charge on any atom is 0.233 e. The summed E-state index contributed by atoms with van der Waals surface area (Å²) in [4.78, 5) is 16.3. The van der Waals surface area contributed by atoms with Gasteiger partial charge in [0.1, 0.15) is 0 Å². The first kappa shape index (κ1) is 21.4. The van der Waals surface area contributed by atoms with Crippen molar-refractivity contribution in [3.8, 4) is 0 Å². The molecule has 2 saturated heterocycles. The van der Waals surface area contributed by atoms with Crippen molar-refractivity contribution in [1.29, 1.82) is 0 Å². The molecule has 1 aromatic heterocycles. The normalized spacial score (nSPS) is 22.0. The fourth-order valence-corrected chi connectivity index (χ4v) is 6.06. The topological polar surface area (TPSA) is 97.6 Å². The van der Waals surface area contributed by atoms with Gasteiger partial charge in [-0.05, 0) is 12.3 Å². The highest BCUT2D eigenvalue weighted by Crippen LogP contribution is 2.25. The summed E-state index contributed by atoms with van der Waals surface area (Å²) < 4.78 is 30.8. The van der Waals surface area contributed by atoms with E-state index < -0.39 is 9.84 Å². The Morgan fingerprint density at radius 1 is 1.32 bits per heavy atom. The van der Waals surface area contributed by atoms with E-state index in [1.54, 1.807) is 11.9 Å². The molecule has 0 bridgehead atoms. The van der Waals surface area contributed by atoms with Crippen LogP contribution in [0.4, 0.5) is 5.95 Å². The summed E-state index contributed by atoms with van der Waals surface area (Å²) in [7, 11) is -1.33. The summed E-state index contributed by atoms with van der Waals surface area (Å²) in [5, 5.41) is 9.41. The molecule has 2 fully saturated rings. The van der Waals surface area contributed by atoms with Gasteiger partial charge in [0.2, 0.25) is 11.9 Å². The molecule has 158 valence electrons. The van der Waals surface area contributed by atoms with Gasteiger partial charge >= 0.3 is 0 Å². The number of hydrogen-bond donors (Lipinski definition) is 0. The van der Waals surface area contributed by atoms with Crippen molar-refractivity contribution in [1.82, 2.24) is 19.7 Å². The molecule has 0 radical (unpaired) electrons. The lowest BCUT2D eigenvalue weighted by Crippen LogP contribution is -2.39. The van der Waals surface area contributed by atoms with Crippen LogP contribution in [0, 0.1) is 5.92 Å². The third-order valence-corrected chi connectivity index (χ3v) is 7.72. The molecule has 0 aliphatic carbocycles. The average molecular weight is 432 g/mol. The molecule has 1 atom stereocenters. The Hall–Kier alpha value is -1.33. The van der Waals surface area contributed by atoms with Crippen LogP contribution in [0.15, 0.2) is 5.16 Å². The van der Waals surface area contributed by atoms with Crippen LogP contribution in [-0.2, 0) is 25.9 Å². The fourth-order valence-electron chi connectivity index (χ4n) is 3.42. The Kier molecular flexibility index (Phi) is 6.87. The third kappa shape index (κ3) is 5.18. The van der Waals surface area contributed by atoms with Gasteiger partial charge in [-0.3, -0.25) is 9.36 Å². The van der Waals surface area contributed by atoms with Crippen molar-refractivity contribution in [2.24, 2.45) is 5.92 Å². The van der Waals surface area contributed by atoms with Gasteiger partial charge in [-0.2, -0.15) is 0 Å². The molecular formula is C17H29N5O4S2. The van der Waals surface area contributed by atoms with E-state index in [-0.39, 0.29) is 29.2 Å². The number of morpholine rings is 1. The number of nitrogens with zero attached hydrogens (tertiary/aromatic N) is 5. The predicted molar refractivity (Wildman–Crippen MR) is 108 cm³/mol. The lowest BCUT2D eigenvalue weighted by atomic mass is 10.2. The summed E-state index contributed by atoms with van der Waals surface area (Å²) in [6, 6.07) is -0.226. The van der Waals surface area contributed by atoms with Crippen molar-refractivity contribution >= 4 is 33.5 Å². The van der Waals surface area contributed by atoms with Gasteiger partial charge in [-0.25, -0.2) is 8.42 Å². The summed E-state index contributed by atoms with van der Waals surface area (Å²) in [5.41, 5.74) is 0. The SMILES string of the molecule is CC(C)Cn1c(SCC(=O)N(C)[C@H]2CCS(=O)(=O)C2)nnc1N1CCOCC1. The molecule has 0 unspecified atom stereocenters. The minimum atomic E-state index is -3.01. The Balaban J connectivity index is 1.66. The van der Waals surface area contributed by atoms with E-state index in [9.17, 15) is 13.2 Å². The molecule has 0 saturated carbocycles. The van der Waals surface area contributed by atoms with E-state index in [0.717, 1.165) is 30.7 Å². The first-order chi connectivity index (χ1) is 13.3. The second kappa shape index (κ2) is 9.00. The lowest BCUT2D eigenvalue weighted by Gasteiger charge is -2.28. The summed E-state index contributed by atoms with van der Waals surface area (Å²) >= 11 is 1.36. The molecule has 9 nitrogen and oxygen atoms in total. The fraction of sp³-hybridized carbons (Fsp3) is 0.824. The average Bonchev–Trinajstić information content (AvgIpc) is 3.22. The highest BCUT2D eigenvalue weighted by Gasteiger charge is 2.33. The van der Waals surface area contributed by atoms with Crippen LogP contribution in [0.1, 0.15) is 20.3 Å². The molecule has 2 aliphatic heterocycles. The second-order valence-electron chi connectivity index (χ2n) is 7.74. The monoisotopic (exact) mass is 431 g/mol. The minimum absolute atomic E-state index is 0.0601. The van der Waals surface area contributed by atoms with Gasteiger partial charge in [0.05, 0.1) is 30.5 Å². The van der Waals surface area contributed by atoms with E-state index in [1.807, 2.05) is 0 Å². The lowest BCUT2D eigenvalue weighted by molar-refractivity contribution is -0.128. The van der Waals surface area contributed by atoms with Crippen LogP contribution in [0.3, 0.4) is 0 Å². The van der Waals surface area contributed by atoms with Gasteiger partial charge in [0, 0.05) is 32.7 Å². The van der Waals surface area contributed by atoms with Crippen molar-refractivity contribution in [3.63, 3.8) is 0 Å². The Morgan fingerprint density at radius 2 is 2.04 bits per heavy atom. The summed E-state index contributed by atoms with van der Waals surface area (Å²) in [6.07, 6.45) is 0.514. The largest absolute Gasteiger partial charge is 0.378 e. The highest BCUT2D eigenvalue weighted by atomic mass is 32.2. The second-order valence-corrected chi connectivity index (χ2v) is 10.9. The smallest absolute Gasteiger partial charge is 0.233 e. The van der Waals surface area contributed by atoms with E-state index in [0.29, 0.717) is 25.6 Å². The molecule has 3 heterocycles. The predicted octanol–water partition coefficient (Wildman–Crippen LogP) is 0.508. The molecule has 1 amide bonds. The molecule has 0 aromatic carbocycles. The molecule has 28 heavy (non-hydrogen) atoms. The number of ether oxygens (including phenoxy) is 1. The number of anilines is 1. The van der Waals surface area contributed by atoms with Gasteiger partial charge in [0.25, 0.3) is 0 Å². The Labute approximate surface area is 170 Å². The van der Waals surface area contributed by atoms with Crippen LogP contribution in [0.2, 0.25) is 0 Å². The summed E-state index contributed by atoms with van der Waals surface area (Å²) in [5.74, 6) is 1.59. The highest BCUT2D eigenvalue weighted by molar-refractivity contribution is 7.99. The van der Waals surface area contributed by atoms with Crippen LogP contribution < -0.4 is 4.90 Å². The molecule has 0 spiro atoms. The number of rotatable bonds is 7. The first-order valence-electron chi connectivity index (χ1n) is 9.61. The van der Waals surface area contributed by atoms with Crippen molar-refractivity contribution in [3.05, 3.63) is 0 Å². The number of aromatic nitrogens is 3. The first-order valence-corrected chi connectivity index (χ1v) is 12.4. The van der Waals surface area contributed by atoms with Gasteiger partial charge in [-0.15, -0.1) is 10.2 Å². The van der Waals surface area contributed by atoms with Gasteiger partial charge in [0.15, 0.2) is 15.0 Å². The molecule has 0 N–H and O–H groups in total. The number of carbonyl (C=O) groups excluding carboxylic acids is 1. The van der Waals surface area contributed by atoms with Crippen LogP contribution in [0.25, 0.3) is 0 Å². The van der Waals surface area contributed by atoms with Crippen molar-refractivity contribution < 1.29 is 17.9 Å². The van der Waals surface area contributed by atoms with Crippen LogP contribution in [-0.4, -0.2) is 90.6 Å². The maximum absolute atomic E-state index is 12.6. The van der Waals surface area contributed by atoms with Gasteiger partial charge < -0.3 is 14.5 Å². The zero-order valence-electron chi connectivity index (χ0n) is 16.7. The van der Waals surface area contributed by atoms with Crippen molar-refractivity contribution in [2.45, 2.75) is 38.0 Å². The van der Waals surface area contributed by atoms with Gasteiger partial charge in [-0.1, -0.05) is 25.6 Å². The summed E-state index contributed by atoms with van der Waals surface area (Å²) in [6.45, 7) is 7.94. The van der Waals surface area contributed by atoms with E-state index in [4.69, 9.17) is 4.74 Å². The minimum Gasteiger partial charge on any atom is -0.378 e. The quantitative estimate of drug-likeness (QED) is 0.576. The number of carbonyl (C=O) groups is 1. The molecule has 1 aromatic rings. The number of amides is 1. The van der Waals surface area contributed by atoms with Crippen LogP contribution in [0.5, 0.6) is 0 Å². The standard InChI is InChI=1S/C17H29N5O4S2/c1-13(2)10-22-16(21-5-7-26-8-6-21)18-19-17(22)27-11-15(23)20(3)14-4-9-28(24,25)12-14/h13-14H,4-12H2,1-3H3/t14-/m0/s1. The third-order valence-electron chi connectivity index (χ3n) is 5.01. The van der Waals surface area contributed by atoms with Crippen LogP contribution >= 0.6 is 11.8 Å². The molecule has 3 rings (SSSR count). The molecular weight excluding hydrogens is 402 g/mol. The zero-order chi connectivity index (χ0) is 20.3. The Bertz CT molecular complexity index is 789. The van der Waals surface area contributed by atoms with Crippen molar-refractivity contribution in [2.75, 3.05) is 55.5 Å².